The van der Waals surface area contributed by atoms with Gasteiger partial charge in [0.2, 0.25) is 0 Å². The van der Waals surface area contributed by atoms with Crippen LogP contribution < -0.4 is 5.32 Å². The first-order chi connectivity index (χ1) is 8.79. The summed E-state index contributed by atoms with van der Waals surface area (Å²) in [4.78, 5) is 1.34. The highest BCUT2D eigenvalue weighted by atomic mass is 32.2. The third-order valence-corrected chi connectivity index (χ3v) is 5.68. The van der Waals surface area contributed by atoms with Gasteiger partial charge in [-0.1, -0.05) is 18.6 Å². The number of nitrogens with one attached hydrogen (secondary N) is 1. The van der Waals surface area contributed by atoms with Gasteiger partial charge in [-0.2, -0.15) is 11.8 Å². The zero-order valence-electron chi connectivity index (χ0n) is 11.3. The minimum absolute atomic E-state index is 0.462. The third kappa shape index (κ3) is 4.22. The second-order valence-electron chi connectivity index (χ2n) is 4.89. The molecule has 3 heteroatoms. The van der Waals surface area contributed by atoms with Crippen LogP contribution >= 0.6 is 23.5 Å². The van der Waals surface area contributed by atoms with E-state index in [1.54, 1.807) is 11.8 Å². The van der Waals surface area contributed by atoms with E-state index < -0.39 is 0 Å². The smallest absolute Gasteiger partial charge is 0.0292 e. The van der Waals surface area contributed by atoms with Gasteiger partial charge in [-0.3, -0.25) is 0 Å². The van der Waals surface area contributed by atoms with Crippen LogP contribution in [0.4, 0.5) is 0 Å². The lowest BCUT2D eigenvalue weighted by atomic mass is 10.1. The standard InChI is InChI=1S/C15H23NS2/c1-12(13-6-8-14(17-2)9-7-13)16-11-15-5-3-4-10-18-15/h6-9,12,15-16H,3-5,10-11H2,1-2H3. The normalized spacial score (nSPS) is 21.8. The molecule has 1 fully saturated rings. The molecule has 0 saturated carbocycles. The highest BCUT2D eigenvalue weighted by Gasteiger charge is 2.14. The Morgan fingerprint density at radius 1 is 1.33 bits per heavy atom. The Morgan fingerprint density at radius 3 is 2.72 bits per heavy atom. The van der Waals surface area contributed by atoms with Crippen molar-refractivity contribution in [2.24, 2.45) is 0 Å². The fourth-order valence-corrected chi connectivity index (χ4v) is 3.95. The first-order valence-electron chi connectivity index (χ1n) is 6.78. The predicted octanol–water partition coefficient (Wildman–Crippen LogP) is 4.34. The second-order valence-corrected chi connectivity index (χ2v) is 7.18. The summed E-state index contributed by atoms with van der Waals surface area (Å²) in [5, 5.41) is 4.50. The number of hydrogen-bond donors (Lipinski definition) is 1. The molecule has 1 nitrogen and oxygen atoms in total. The van der Waals surface area contributed by atoms with Crippen LogP contribution in [-0.2, 0) is 0 Å². The Morgan fingerprint density at radius 2 is 2.11 bits per heavy atom. The van der Waals surface area contributed by atoms with Crippen LogP contribution in [0.2, 0.25) is 0 Å². The second kappa shape index (κ2) is 7.46. The van der Waals surface area contributed by atoms with Crippen molar-refractivity contribution in [1.82, 2.24) is 5.32 Å². The fraction of sp³-hybridized carbons (Fsp3) is 0.600. The molecule has 0 aliphatic carbocycles. The molecule has 1 aromatic carbocycles. The minimum Gasteiger partial charge on any atom is -0.309 e. The van der Waals surface area contributed by atoms with Crippen molar-refractivity contribution >= 4 is 23.5 Å². The third-order valence-electron chi connectivity index (χ3n) is 3.54. The predicted molar refractivity (Wildman–Crippen MR) is 84.7 cm³/mol. The Balaban J connectivity index is 1.80. The molecule has 18 heavy (non-hydrogen) atoms. The summed E-state index contributed by atoms with van der Waals surface area (Å²) in [6, 6.07) is 9.39. The summed E-state index contributed by atoms with van der Waals surface area (Å²) in [7, 11) is 0. The molecule has 1 N–H and O–H groups in total. The van der Waals surface area contributed by atoms with Crippen LogP contribution in [0.3, 0.4) is 0 Å². The average Bonchev–Trinajstić information content (AvgIpc) is 2.46. The molecule has 2 unspecified atom stereocenters. The summed E-state index contributed by atoms with van der Waals surface area (Å²) in [6.07, 6.45) is 6.33. The van der Waals surface area contributed by atoms with E-state index in [4.69, 9.17) is 0 Å². The number of rotatable bonds is 5. The van der Waals surface area contributed by atoms with Gasteiger partial charge in [0.1, 0.15) is 0 Å². The molecular formula is C15H23NS2. The van der Waals surface area contributed by atoms with Crippen molar-refractivity contribution in [3.8, 4) is 0 Å². The zero-order valence-corrected chi connectivity index (χ0v) is 12.9. The van der Waals surface area contributed by atoms with Gasteiger partial charge in [-0.15, -0.1) is 11.8 Å². The molecule has 1 aliphatic heterocycles. The van der Waals surface area contributed by atoms with Crippen LogP contribution in [0.1, 0.15) is 37.8 Å². The Kier molecular flexibility index (Phi) is 5.93. The molecule has 1 aliphatic rings. The van der Waals surface area contributed by atoms with E-state index in [0.29, 0.717) is 6.04 Å². The maximum Gasteiger partial charge on any atom is 0.0292 e. The molecule has 1 aromatic rings. The van der Waals surface area contributed by atoms with Gasteiger partial charge in [0.15, 0.2) is 0 Å². The Bertz CT molecular complexity index is 344. The van der Waals surface area contributed by atoms with E-state index in [9.17, 15) is 0 Å². The SMILES string of the molecule is CSc1ccc(C(C)NCC2CCCCS2)cc1. The largest absolute Gasteiger partial charge is 0.309 e. The molecule has 2 rings (SSSR count). The quantitative estimate of drug-likeness (QED) is 0.806. The molecule has 0 amide bonds. The molecule has 0 bridgehead atoms. The van der Waals surface area contributed by atoms with E-state index in [1.165, 1.54) is 35.5 Å². The van der Waals surface area contributed by atoms with Crippen LogP contribution in [0, 0.1) is 0 Å². The maximum absolute atomic E-state index is 3.68. The minimum atomic E-state index is 0.462. The summed E-state index contributed by atoms with van der Waals surface area (Å²) in [5.74, 6) is 1.35. The zero-order chi connectivity index (χ0) is 12.8. The molecule has 0 spiro atoms. The molecule has 0 aromatic heterocycles. The maximum atomic E-state index is 3.68. The van der Waals surface area contributed by atoms with Gasteiger partial charge < -0.3 is 5.32 Å². The number of thioether (sulfide) groups is 2. The van der Waals surface area contributed by atoms with Gasteiger partial charge >= 0.3 is 0 Å². The molecule has 1 saturated heterocycles. The molecule has 0 radical (unpaired) electrons. The molecular weight excluding hydrogens is 258 g/mol. The summed E-state index contributed by atoms with van der Waals surface area (Å²) in [6.45, 7) is 3.41. The van der Waals surface area contributed by atoms with Gasteiger partial charge in [0.05, 0.1) is 0 Å². The van der Waals surface area contributed by atoms with Crippen LogP contribution in [-0.4, -0.2) is 23.8 Å². The van der Waals surface area contributed by atoms with Gasteiger partial charge in [-0.25, -0.2) is 0 Å². The molecule has 100 valence electrons. The lowest BCUT2D eigenvalue weighted by molar-refractivity contribution is 0.538. The van der Waals surface area contributed by atoms with E-state index in [2.05, 4.69) is 54.5 Å². The lowest BCUT2D eigenvalue weighted by Gasteiger charge is -2.24. The van der Waals surface area contributed by atoms with Crippen molar-refractivity contribution in [1.29, 1.82) is 0 Å². The van der Waals surface area contributed by atoms with Gasteiger partial charge in [-0.05, 0) is 49.5 Å². The summed E-state index contributed by atoms with van der Waals surface area (Å²) >= 11 is 3.94. The van der Waals surface area contributed by atoms with Crippen LogP contribution in [0.25, 0.3) is 0 Å². The van der Waals surface area contributed by atoms with Crippen molar-refractivity contribution in [3.05, 3.63) is 29.8 Å². The summed E-state index contributed by atoms with van der Waals surface area (Å²) in [5.41, 5.74) is 1.40. The van der Waals surface area contributed by atoms with E-state index in [0.717, 1.165) is 11.8 Å². The summed E-state index contributed by atoms with van der Waals surface area (Å²) < 4.78 is 0. The first-order valence-corrected chi connectivity index (χ1v) is 9.06. The highest BCUT2D eigenvalue weighted by molar-refractivity contribution is 8.00. The number of benzene rings is 1. The van der Waals surface area contributed by atoms with Gasteiger partial charge in [0, 0.05) is 22.7 Å². The number of hydrogen-bond acceptors (Lipinski definition) is 3. The average molecular weight is 281 g/mol. The topological polar surface area (TPSA) is 12.0 Å². The van der Waals surface area contributed by atoms with Crippen LogP contribution in [0.15, 0.2) is 29.2 Å². The Labute approximate surface area is 120 Å². The lowest BCUT2D eigenvalue weighted by Crippen LogP contribution is -2.28. The first kappa shape index (κ1) is 14.3. The molecule has 2 atom stereocenters. The van der Waals surface area contributed by atoms with Crippen molar-refractivity contribution in [3.63, 3.8) is 0 Å². The Hall–Kier alpha value is -0.120. The van der Waals surface area contributed by atoms with E-state index >= 15 is 0 Å². The van der Waals surface area contributed by atoms with Crippen molar-refractivity contribution in [2.75, 3.05) is 18.6 Å². The fourth-order valence-electron chi connectivity index (χ4n) is 2.29. The van der Waals surface area contributed by atoms with Gasteiger partial charge in [0.25, 0.3) is 0 Å². The van der Waals surface area contributed by atoms with Crippen molar-refractivity contribution in [2.45, 2.75) is 42.4 Å². The van der Waals surface area contributed by atoms with Crippen LogP contribution in [0.5, 0.6) is 0 Å². The van der Waals surface area contributed by atoms with E-state index in [1.807, 2.05) is 0 Å². The van der Waals surface area contributed by atoms with E-state index in [-0.39, 0.29) is 0 Å². The highest BCUT2D eigenvalue weighted by Crippen LogP contribution is 2.25. The monoisotopic (exact) mass is 281 g/mol. The molecule has 1 heterocycles. The van der Waals surface area contributed by atoms with Crippen molar-refractivity contribution < 1.29 is 0 Å².